The monoisotopic (exact) mass is 503 g/mol. The Morgan fingerprint density at radius 2 is 1.67 bits per heavy atom. The fourth-order valence-corrected chi connectivity index (χ4v) is 5.22. The van der Waals surface area contributed by atoms with Crippen LogP contribution in [0.3, 0.4) is 0 Å². The smallest absolute Gasteiger partial charge is 0.257 e. The number of fused-ring (bicyclic) bond motifs is 1. The van der Waals surface area contributed by atoms with Crippen molar-refractivity contribution in [2.45, 2.75) is 13.5 Å². The molecule has 186 valence electrons. The molecule has 3 aromatic rings. The molecule has 0 saturated carbocycles. The summed E-state index contributed by atoms with van der Waals surface area (Å²) in [6.45, 7) is 5.79. The largest absolute Gasteiger partial charge is 0.379 e. The molecule has 0 aromatic heterocycles. The van der Waals surface area contributed by atoms with Gasteiger partial charge in [0.25, 0.3) is 5.91 Å². The molecule has 0 atom stereocenters. The third kappa shape index (κ3) is 5.21. The number of carbonyl (C=O) groups excluding carboxylic acids is 1. The van der Waals surface area contributed by atoms with Gasteiger partial charge in [0.1, 0.15) is 0 Å². The van der Waals surface area contributed by atoms with Crippen molar-refractivity contribution in [3.05, 3.63) is 95.1 Å². The van der Waals surface area contributed by atoms with Crippen LogP contribution >= 0.6 is 0 Å². The minimum atomic E-state index is -3.45. The van der Waals surface area contributed by atoms with Gasteiger partial charge in [0.15, 0.2) is 0 Å². The van der Waals surface area contributed by atoms with Gasteiger partial charge in [0.05, 0.1) is 24.5 Å². The van der Waals surface area contributed by atoms with E-state index in [1.807, 2.05) is 30.3 Å². The lowest BCUT2D eigenvalue weighted by Gasteiger charge is -2.26. The molecule has 0 radical (unpaired) electrons. The van der Waals surface area contributed by atoms with E-state index in [0.29, 0.717) is 22.5 Å². The number of hydrogen-bond acceptors (Lipinski definition) is 5. The molecule has 3 aromatic carbocycles. The summed E-state index contributed by atoms with van der Waals surface area (Å²) >= 11 is 0. The molecule has 2 aliphatic heterocycles. The van der Waals surface area contributed by atoms with Gasteiger partial charge in [0.2, 0.25) is 10.0 Å². The first-order chi connectivity index (χ1) is 17.4. The van der Waals surface area contributed by atoms with Crippen LogP contribution in [0.4, 0.5) is 11.4 Å². The Labute approximate surface area is 211 Å². The number of benzene rings is 3. The molecule has 0 aliphatic carbocycles. The number of hydrogen-bond donors (Lipinski definition) is 2. The van der Waals surface area contributed by atoms with Crippen LogP contribution < -0.4 is 10.0 Å². The normalized spacial score (nSPS) is 17.4. The first kappa shape index (κ1) is 24.2. The quantitative estimate of drug-likeness (QED) is 0.472. The zero-order chi connectivity index (χ0) is 25.1. The lowest BCUT2D eigenvalue weighted by molar-refractivity contribution is -0.110. The highest BCUT2D eigenvalue weighted by molar-refractivity contribution is 7.92. The summed E-state index contributed by atoms with van der Waals surface area (Å²) in [4.78, 5) is 15.6. The molecular weight excluding hydrogens is 474 g/mol. The second kappa shape index (κ2) is 10.3. The molecule has 1 fully saturated rings. The number of carbonyl (C=O) groups is 1. The van der Waals surface area contributed by atoms with Crippen molar-refractivity contribution >= 4 is 38.5 Å². The number of nitrogens with zero attached hydrogens (tertiary/aromatic N) is 1. The van der Waals surface area contributed by atoms with Crippen LogP contribution in [-0.2, 0) is 26.1 Å². The molecule has 2 N–H and O–H groups in total. The summed E-state index contributed by atoms with van der Waals surface area (Å²) in [5, 5.41) is 2.94. The Balaban J connectivity index is 1.58. The van der Waals surface area contributed by atoms with Crippen molar-refractivity contribution < 1.29 is 17.9 Å². The van der Waals surface area contributed by atoms with E-state index in [4.69, 9.17) is 4.74 Å². The predicted octanol–water partition coefficient (Wildman–Crippen LogP) is 4.19. The molecule has 0 bridgehead atoms. The zero-order valence-electron chi connectivity index (χ0n) is 20.2. The van der Waals surface area contributed by atoms with Crippen molar-refractivity contribution in [3.63, 3.8) is 0 Å². The van der Waals surface area contributed by atoms with Crippen molar-refractivity contribution in [2.75, 3.05) is 42.1 Å². The third-order valence-electron chi connectivity index (χ3n) is 6.48. The Morgan fingerprint density at radius 3 is 2.36 bits per heavy atom. The average molecular weight is 504 g/mol. The Bertz CT molecular complexity index is 1390. The molecule has 0 unspecified atom stereocenters. The molecule has 8 heteroatoms. The minimum Gasteiger partial charge on any atom is -0.379 e. The SMILES string of the molecule is CCS(=O)(=O)Nc1ccc2c(c1)/C(=C(\c1ccccc1)c1ccc(CN3CCOCC3)cc1)C(=O)N2. The Morgan fingerprint density at radius 1 is 0.972 bits per heavy atom. The molecule has 2 aliphatic rings. The lowest BCUT2D eigenvalue weighted by Crippen LogP contribution is -2.35. The lowest BCUT2D eigenvalue weighted by atomic mass is 9.89. The van der Waals surface area contributed by atoms with Crippen LogP contribution in [0.2, 0.25) is 0 Å². The molecular formula is C28H29N3O4S. The van der Waals surface area contributed by atoms with E-state index in [1.165, 1.54) is 5.56 Å². The number of sulfonamides is 1. The standard InChI is InChI=1S/C28H29N3O4S/c1-2-36(33,34)30-23-12-13-25-24(18-23)27(28(32)29-25)26(21-6-4-3-5-7-21)22-10-8-20(9-11-22)19-31-14-16-35-17-15-31/h3-13,18,30H,2,14-17,19H2,1H3,(H,29,32)/b27-26-. The number of nitrogens with one attached hydrogen (secondary N) is 2. The van der Waals surface area contributed by atoms with Gasteiger partial charge < -0.3 is 10.1 Å². The van der Waals surface area contributed by atoms with Crippen molar-refractivity contribution in [1.29, 1.82) is 0 Å². The van der Waals surface area contributed by atoms with Gasteiger partial charge in [-0.05, 0) is 41.8 Å². The predicted molar refractivity (Wildman–Crippen MR) is 143 cm³/mol. The molecule has 1 saturated heterocycles. The minimum absolute atomic E-state index is 0.0317. The van der Waals surface area contributed by atoms with E-state index in [0.717, 1.165) is 49.5 Å². The topological polar surface area (TPSA) is 87.7 Å². The van der Waals surface area contributed by atoms with Gasteiger partial charge in [-0.1, -0.05) is 54.6 Å². The number of morpholine rings is 1. The summed E-state index contributed by atoms with van der Waals surface area (Å²) in [6.07, 6.45) is 0. The summed E-state index contributed by atoms with van der Waals surface area (Å²) in [7, 11) is -3.45. The zero-order valence-corrected chi connectivity index (χ0v) is 21.0. The van der Waals surface area contributed by atoms with Crippen LogP contribution in [-0.4, -0.2) is 51.3 Å². The van der Waals surface area contributed by atoms with Gasteiger partial charge in [-0.15, -0.1) is 0 Å². The molecule has 7 nitrogen and oxygen atoms in total. The third-order valence-corrected chi connectivity index (χ3v) is 7.79. The van der Waals surface area contributed by atoms with E-state index >= 15 is 0 Å². The van der Waals surface area contributed by atoms with Gasteiger partial charge in [-0.25, -0.2) is 8.42 Å². The fraction of sp³-hybridized carbons (Fsp3) is 0.250. The van der Waals surface area contributed by atoms with Crippen LogP contribution in [0.1, 0.15) is 29.2 Å². The van der Waals surface area contributed by atoms with E-state index < -0.39 is 10.0 Å². The second-order valence-corrected chi connectivity index (χ2v) is 10.9. The average Bonchev–Trinajstić information content (AvgIpc) is 3.21. The van der Waals surface area contributed by atoms with Gasteiger partial charge >= 0.3 is 0 Å². The van der Waals surface area contributed by atoms with E-state index in [9.17, 15) is 13.2 Å². The maximum Gasteiger partial charge on any atom is 0.257 e. The second-order valence-electron chi connectivity index (χ2n) is 8.92. The van der Waals surface area contributed by atoms with Crippen molar-refractivity contribution in [2.24, 2.45) is 0 Å². The van der Waals surface area contributed by atoms with Crippen LogP contribution in [0.15, 0.2) is 72.8 Å². The van der Waals surface area contributed by atoms with Crippen molar-refractivity contribution in [3.8, 4) is 0 Å². The first-order valence-corrected chi connectivity index (χ1v) is 13.7. The van der Waals surface area contributed by atoms with Crippen LogP contribution in [0.5, 0.6) is 0 Å². The highest BCUT2D eigenvalue weighted by Gasteiger charge is 2.29. The highest BCUT2D eigenvalue weighted by atomic mass is 32.2. The van der Waals surface area contributed by atoms with Crippen LogP contribution in [0, 0.1) is 0 Å². The summed E-state index contributed by atoms with van der Waals surface area (Å²) in [6, 6.07) is 23.3. The van der Waals surface area contributed by atoms with E-state index in [-0.39, 0.29) is 11.7 Å². The van der Waals surface area contributed by atoms with Gasteiger partial charge in [-0.2, -0.15) is 0 Å². The summed E-state index contributed by atoms with van der Waals surface area (Å²) < 4.78 is 32.3. The van der Waals surface area contributed by atoms with Crippen LogP contribution in [0.25, 0.3) is 11.1 Å². The maximum absolute atomic E-state index is 13.3. The molecule has 5 rings (SSSR count). The van der Waals surface area contributed by atoms with E-state index in [1.54, 1.807) is 25.1 Å². The maximum atomic E-state index is 13.3. The summed E-state index contributed by atoms with van der Waals surface area (Å²) in [5.74, 6) is -0.243. The molecule has 2 heterocycles. The number of anilines is 2. The Kier molecular flexibility index (Phi) is 6.91. The number of rotatable bonds is 7. The molecule has 0 spiro atoms. The van der Waals surface area contributed by atoms with Gasteiger partial charge in [-0.3, -0.25) is 14.4 Å². The van der Waals surface area contributed by atoms with E-state index in [2.05, 4.69) is 39.2 Å². The fourth-order valence-electron chi connectivity index (χ4n) is 4.59. The Hall–Kier alpha value is -3.46. The number of amides is 1. The first-order valence-electron chi connectivity index (χ1n) is 12.1. The number of ether oxygens (including phenoxy) is 1. The molecule has 1 amide bonds. The highest BCUT2D eigenvalue weighted by Crippen LogP contribution is 2.41. The molecule has 36 heavy (non-hydrogen) atoms. The summed E-state index contributed by atoms with van der Waals surface area (Å²) in [5.41, 5.74) is 6.12. The van der Waals surface area contributed by atoms with Crippen molar-refractivity contribution in [1.82, 2.24) is 4.90 Å². The van der Waals surface area contributed by atoms with Gasteiger partial charge in [0, 0.05) is 42.1 Å².